The Kier molecular flexibility index (Phi) is 6.17. The first-order chi connectivity index (χ1) is 11.7. The molecule has 1 amide bonds. The van der Waals surface area contributed by atoms with Crippen molar-refractivity contribution in [3.63, 3.8) is 0 Å². The number of esters is 1. The maximum Gasteiger partial charge on any atom is 0.338 e. The second kappa shape index (κ2) is 7.96. The quantitative estimate of drug-likeness (QED) is 0.717. The van der Waals surface area contributed by atoms with Crippen LogP contribution in [0.25, 0.3) is 0 Å². The summed E-state index contributed by atoms with van der Waals surface area (Å²) < 4.78 is 27.7. The molecule has 3 N–H and O–H groups in total. The zero-order valence-corrected chi connectivity index (χ0v) is 15.5. The van der Waals surface area contributed by atoms with Crippen LogP contribution < -0.4 is 10.5 Å². The SMILES string of the molecule is C[C@@H](NC(=O)COC(=O)c1ccc(Cl)c(S(N)(=O)=O)c1)c1cccs1. The van der Waals surface area contributed by atoms with Gasteiger partial charge in [0.25, 0.3) is 5.91 Å². The van der Waals surface area contributed by atoms with Crippen molar-refractivity contribution in [3.05, 3.63) is 51.2 Å². The molecule has 0 aliphatic rings. The van der Waals surface area contributed by atoms with Gasteiger partial charge in [0.15, 0.2) is 6.61 Å². The highest BCUT2D eigenvalue weighted by Crippen LogP contribution is 2.22. The monoisotopic (exact) mass is 402 g/mol. The van der Waals surface area contributed by atoms with Crippen LogP contribution in [0.2, 0.25) is 5.02 Å². The number of thiophene rings is 1. The Hall–Kier alpha value is -1.94. The van der Waals surface area contributed by atoms with Crippen molar-refractivity contribution in [2.75, 3.05) is 6.61 Å². The van der Waals surface area contributed by atoms with Gasteiger partial charge in [-0.25, -0.2) is 18.4 Å². The van der Waals surface area contributed by atoms with Crippen molar-refractivity contribution in [1.29, 1.82) is 0 Å². The number of primary sulfonamides is 1. The molecule has 0 saturated heterocycles. The van der Waals surface area contributed by atoms with Crippen LogP contribution in [-0.4, -0.2) is 26.9 Å². The van der Waals surface area contributed by atoms with E-state index < -0.39 is 28.5 Å². The molecule has 0 aliphatic heterocycles. The fraction of sp³-hybridized carbons (Fsp3) is 0.200. The molecule has 0 aliphatic carbocycles. The molecule has 0 radical (unpaired) electrons. The summed E-state index contributed by atoms with van der Waals surface area (Å²) in [7, 11) is -4.08. The van der Waals surface area contributed by atoms with E-state index in [1.54, 1.807) is 0 Å². The minimum Gasteiger partial charge on any atom is -0.452 e. The lowest BCUT2D eigenvalue weighted by Gasteiger charge is -2.12. The molecule has 0 fully saturated rings. The van der Waals surface area contributed by atoms with Gasteiger partial charge < -0.3 is 10.1 Å². The summed E-state index contributed by atoms with van der Waals surface area (Å²) >= 11 is 7.24. The second-order valence-electron chi connectivity index (χ2n) is 5.07. The summed E-state index contributed by atoms with van der Waals surface area (Å²) in [6.07, 6.45) is 0. The maximum atomic E-state index is 12.0. The van der Waals surface area contributed by atoms with Crippen molar-refractivity contribution >= 4 is 44.8 Å². The maximum absolute atomic E-state index is 12.0. The molecule has 25 heavy (non-hydrogen) atoms. The summed E-state index contributed by atoms with van der Waals surface area (Å²) in [6.45, 7) is 1.31. The number of benzene rings is 1. The van der Waals surface area contributed by atoms with Crippen LogP contribution in [0.5, 0.6) is 0 Å². The van der Waals surface area contributed by atoms with Crippen molar-refractivity contribution < 1.29 is 22.7 Å². The van der Waals surface area contributed by atoms with Crippen LogP contribution >= 0.6 is 22.9 Å². The predicted octanol–water partition coefficient (Wildman–Crippen LogP) is 2.08. The van der Waals surface area contributed by atoms with Gasteiger partial charge in [0.1, 0.15) is 4.90 Å². The summed E-state index contributed by atoms with van der Waals surface area (Å²) in [5, 5.41) is 9.49. The molecule has 134 valence electrons. The molecular formula is C15H15ClN2O5S2. The first-order valence-electron chi connectivity index (χ1n) is 7.00. The molecule has 2 aromatic rings. The number of hydrogen-bond acceptors (Lipinski definition) is 6. The standard InChI is InChI=1S/C15H15ClN2O5S2/c1-9(12-3-2-6-24-12)18-14(19)8-23-15(20)10-4-5-11(16)13(7-10)25(17,21)22/h2-7,9H,8H2,1H3,(H,18,19)(H2,17,21,22)/t9-/m1/s1. The largest absolute Gasteiger partial charge is 0.452 e. The van der Waals surface area contributed by atoms with Gasteiger partial charge in [0.2, 0.25) is 10.0 Å². The third kappa shape index (κ3) is 5.27. The number of amides is 1. The first-order valence-corrected chi connectivity index (χ1v) is 9.81. The van der Waals surface area contributed by atoms with Crippen molar-refractivity contribution in [2.45, 2.75) is 17.9 Å². The van der Waals surface area contributed by atoms with Crippen LogP contribution in [0.3, 0.4) is 0 Å². The Balaban J connectivity index is 1.97. The number of sulfonamides is 1. The van der Waals surface area contributed by atoms with Gasteiger partial charge in [-0.2, -0.15) is 0 Å². The number of carbonyl (C=O) groups is 2. The Labute approximate surface area is 153 Å². The number of ether oxygens (including phenoxy) is 1. The predicted molar refractivity (Wildman–Crippen MR) is 94.0 cm³/mol. The van der Waals surface area contributed by atoms with Crippen molar-refractivity contribution in [3.8, 4) is 0 Å². The van der Waals surface area contributed by atoms with Crippen molar-refractivity contribution in [1.82, 2.24) is 5.32 Å². The van der Waals surface area contributed by atoms with E-state index in [0.29, 0.717) is 0 Å². The molecule has 2 rings (SSSR count). The Morgan fingerprint density at radius 1 is 1.36 bits per heavy atom. The van der Waals surface area contributed by atoms with E-state index in [-0.39, 0.29) is 21.5 Å². The number of hydrogen-bond donors (Lipinski definition) is 2. The third-order valence-corrected chi connectivity index (χ3v) is 5.60. The van der Waals surface area contributed by atoms with Crippen LogP contribution in [0.4, 0.5) is 0 Å². The molecule has 0 bridgehead atoms. The first kappa shape index (κ1) is 19.4. The highest BCUT2D eigenvalue weighted by atomic mass is 35.5. The lowest BCUT2D eigenvalue weighted by Crippen LogP contribution is -2.30. The highest BCUT2D eigenvalue weighted by Gasteiger charge is 2.18. The van der Waals surface area contributed by atoms with Crippen LogP contribution in [0.1, 0.15) is 28.2 Å². The van der Waals surface area contributed by atoms with Gasteiger partial charge >= 0.3 is 5.97 Å². The lowest BCUT2D eigenvalue weighted by molar-refractivity contribution is -0.124. The van der Waals surface area contributed by atoms with E-state index in [1.165, 1.54) is 23.5 Å². The molecule has 1 aromatic heterocycles. The zero-order valence-electron chi connectivity index (χ0n) is 13.1. The molecule has 0 saturated carbocycles. The molecule has 10 heteroatoms. The second-order valence-corrected chi connectivity index (χ2v) is 7.99. The van der Waals surface area contributed by atoms with Gasteiger partial charge in [-0.3, -0.25) is 4.79 Å². The van der Waals surface area contributed by atoms with Crippen LogP contribution in [0, 0.1) is 0 Å². The van der Waals surface area contributed by atoms with Crippen LogP contribution in [-0.2, 0) is 19.6 Å². The minimum atomic E-state index is -4.08. The summed E-state index contributed by atoms with van der Waals surface area (Å²) in [5.41, 5.74) is -0.0764. The van der Waals surface area contributed by atoms with E-state index in [9.17, 15) is 18.0 Å². The molecule has 7 nitrogen and oxygen atoms in total. The van der Waals surface area contributed by atoms with E-state index in [1.807, 2.05) is 24.4 Å². The fourth-order valence-electron chi connectivity index (χ4n) is 1.95. The molecular weight excluding hydrogens is 388 g/mol. The summed E-state index contributed by atoms with van der Waals surface area (Å²) in [4.78, 5) is 24.4. The summed E-state index contributed by atoms with van der Waals surface area (Å²) in [5.74, 6) is -1.34. The van der Waals surface area contributed by atoms with Gasteiger partial charge in [0.05, 0.1) is 16.6 Å². The zero-order chi connectivity index (χ0) is 18.6. The van der Waals surface area contributed by atoms with E-state index in [2.05, 4.69) is 5.32 Å². The fourth-order valence-corrected chi connectivity index (χ4v) is 3.76. The third-order valence-electron chi connectivity index (χ3n) is 3.16. The molecule has 0 spiro atoms. The summed E-state index contributed by atoms with van der Waals surface area (Å²) in [6, 6.07) is 7.04. The highest BCUT2D eigenvalue weighted by molar-refractivity contribution is 7.89. The average molecular weight is 403 g/mol. The van der Waals surface area contributed by atoms with Crippen molar-refractivity contribution in [2.24, 2.45) is 5.14 Å². The number of carbonyl (C=O) groups excluding carboxylic acids is 2. The van der Waals surface area contributed by atoms with E-state index >= 15 is 0 Å². The van der Waals surface area contributed by atoms with Gasteiger partial charge in [-0.15, -0.1) is 11.3 Å². The number of nitrogens with two attached hydrogens (primary N) is 1. The number of nitrogens with one attached hydrogen (secondary N) is 1. The Bertz CT molecular complexity index is 881. The Morgan fingerprint density at radius 3 is 2.68 bits per heavy atom. The lowest BCUT2D eigenvalue weighted by atomic mass is 10.2. The molecule has 1 aromatic carbocycles. The minimum absolute atomic E-state index is 0.0764. The number of rotatable bonds is 6. The topological polar surface area (TPSA) is 116 Å². The van der Waals surface area contributed by atoms with E-state index in [0.717, 1.165) is 10.9 Å². The van der Waals surface area contributed by atoms with E-state index in [4.69, 9.17) is 21.5 Å². The number of halogens is 1. The molecule has 1 heterocycles. The van der Waals surface area contributed by atoms with Gasteiger partial charge in [-0.05, 0) is 36.6 Å². The smallest absolute Gasteiger partial charge is 0.338 e. The average Bonchev–Trinajstić information content (AvgIpc) is 3.06. The van der Waals surface area contributed by atoms with Crippen LogP contribution in [0.15, 0.2) is 40.6 Å². The van der Waals surface area contributed by atoms with Gasteiger partial charge in [0, 0.05) is 4.88 Å². The Morgan fingerprint density at radius 2 is 2.08 bits per heavy atom. The molecule has 1 atom stereocenters. The van der Waals surface area contributed by atoms with Gasteiger partial charge in [-0.1, -0.05) is 17.7 Å². The molecule has 0 unspecified atom stereocenters. The normalized spacial score (nSPS) is 12.4.